The zero-order chi connectivity index (χ0) is 34.9. The van der Waals surface area contributed by atoms with Gasteiger partial charge in [0.05, 0.1) is 35.4 Å². The third-order valence-corrected chi connectivity index (χ3v) is 9.09. The minimum atomic E-state index is -0.0885. The van der Waals surface area contributed by atoms with Gasteiger partial charge in [0.1, 0.15) is 23.0 Å². The Bertz CT molecular complexity index is 2460. The van der Waals surface area contributed by atoms with Gasteiger partial charge in [-0.2, -0.15) is 0 Å². The molecule has 51 heavy (non-hydrogen) atoms. The number of nitrogens with zero attached hydrogens (tertiary/aromatic N) is 2. The lowest BCUT2D eigenvalue weighted by molar-refractivity contribution is 0.104. The number of ketones is 1. The van der Waals surface area contributed by atoms with E-state index < -0.39 is 0 Å². The van der Waals surface area contributed by atoms with E-state index in [4.69, 9.17) is 24.2 Å². The molecule has 0 radical (unpaired) electrons. The molecule has 0 amide bonds. The molecule has 7 aromatic rings. The average molecular weight is 668 g/mol. The minimum Gasteiger partial charge on any atom is -0.497 e. The van der Waals surface area contributed by atoms with Crippen LogP contribution in [-0.2, 0) is 0 Å². The maximum atomic E-state index is 14.4. The predicted octanol–water partition coefficient (Wildman–Crippen LogP) is 11.0. The second kappa shape index (κ2) is 13.3. The van der Waals surface area contributed by atoms with Crippen molar-refractivity contribution in [3.8, 4) is 45.5 Å². The summed E-state index contributed by atoms with van der Waals surface area (Å²) in [6.45, 7) is 4.13. The molecule has 0 unspecified atom stereocenters. The number of nitrogens with one attached hydrogen (secondary N) is 1. The number of ether oxygens (including phenoxy) is 3. The second-order valence-electron chi connectivity index (χ2n) is 12.3. The quantitative estimate of drug-likeness (QED) is 0.122. The maximum Gasteiger partial charge on any atom is 0.196 e. The number of methoxy groups -OCH3 is 1. The third-order valence-electron chi connectivity index (χ3n) is 9.09. The Kier molecular flexibility index (Phi) is 8.22. The summed E-state index contributed by atoms with van der Waals surface area (Å²) in [7, 11) is 1.63. The highest BCUT2D eigenvalue weighted by molar-refractivity contribution is 6.29. The summed E-state index contributed by atoms with van der Waals surface area (Å²) in [5, 5.41) is 4.98. The molecule has 0 saturated heterocycles. The van der Waals surface area contributed by atoms with Gasteiger partial charge in [0.15, 0.2) is 12.2 Å². The van der Waals surface area contributed by atoms with E-state index >= 15 is 0 Å². The van der Waals surface area contributed by atoms with Crippen LogP contribution in [0.1, 0.15) is 27.0 Å². The Morgan fingerprint density at radius 3 is 2.08 bits per heavy atom. The summed E-state index contributed by atoms with van der Waals surface area (Å²) in [6, 6.07) is 42.4. The number of fused-ring (bicyclic) bond motifs is 2. The van der Waals surface area contributed by atoms with Crippen LogP contribution in [0.3, 0.4) is 0 Å². The molecule has 0 atom stereocenters. The third kappa shape index (κ3) is 6.06. The van der Waals surface area contributed by atoms with Crippen molar-refractivity contribution >= 4 is 40.0 Å². The summed E-state index contributed by atoms with van der Waals surface area (Å²) in [5.74, 6) is 2.58. The molecule has 0 aliphatic heterocycles. The Balaban J connectivity index is 1.37. The van der Waals surface area contributed by atoms with Crippen molar-refractivity contribution in [1.29, 1.82) is 0 Å². The number of aromatic nitrogens is 1. The van der Waals surface area contributed by atoms with Crippen molar-refractivity contribution in [3.63, 3.8) is 0 Å². The Hall–Kier alpha value is -6.73. The van der Waals surface area contributed by atoms with Crippen LogP contribution in [0.25, 0.3) is 33.3 Å². The zero-order valence-electron chi connectivity index (χ0n) is 28.3. The van der Waals surface area contributed by atoms with E-state index in [1.165, 1.54) is 6.40 Å². The molecule has 1 aromatic heterocycles. The molecular formula is C44H33N3O4. The molecule has 0 bridgehead atoms. The van der Waals surface area contributed by atoms with Crippen LogP contribution in [0.5, 0.6) is 23.0 Å². The Morgan fingerprint density at radius 1 is 0.686 bits per heavy atom. The van der Waals surface area contributed by atoms with Crippen molar-refractivity contribution in [2.24, 2.45) is 4.99 Å². The highest BCUT2D eigenvalue weighted by atomic mass is 16.5. The number of carbonyl (C=O) groups is 1. The normalized spacial score (nSPS) is 11.8. The first-order valence-corrected chi connectivity index (χ1v) is 16.6. The number of anilines is 2. The van der Waals surface area contributed by atoms with Crippen molar-refractivity contribution in [3.05, 3.63) is 156 Å². The number of rotatable bonds is 9. The van der Waals surface area contributed by atoms with Crippen molar-refractivity contribution < 1.29 is 19.0 Å². The standard InChI is InChI=1S/C44H33N3O4/c1-27-22-35(37(23-28(27)2)45-26-50-31-12-6-4-7-13-31)38-24-36-40(51-32-14-8-5-9-15-32)25-39(46-29-18-20-30(49-3)21-19-29)42-41(36)43(47-38)33-16-10-11-17-34(33)44(42)48/h4-26,46H,1-3H3. The number of benzene rings is 6. The van der Waals surface area contributed by atoms with E-state index in [1.807, 2.05) is 127 Å². The number of para-hydroxylation sites is 2. The van der Waals surface area contributed by atoms with Gasteiger partial charge in [0, 0.05) is 39.2 Å². The fourth-order valence-corrected chi connectivity index (χ4v) is 6.38. The molecule has 8 rings (SSSR count). The SMILES string of the molecule is COc1ccc(Nc2cc(Oc3ccccc3)c3cc(-c4cc(C)c(C)cc4N=COc4ccccc4)nc4c3c2C(=O)c2ccccc2-4)cc1. The van der Waals surface area contributed by atoms with Crippen LogP contribution in [0.2, 0.25) is 0 Å². The smallest absolute Gasteiger partial charge is 0.196 e. The van der Waals surface area contributed by atoms with E-state index in [0.717, 1.165) is 39.1 Å². The zero-order valence-corrected chi connectivity index (χ0v) is 28.3. The number of aryl methyl sites for hydroxylation is 2. The van der Waals surface area contributed by atoms with E-state index in [0.29, 0.717) is 56.5 Å². The van der Waals surface area contributed by atoms with Crippen LogP contribution in [0.4, 0.5) is 17.1 Å². The van der Waals surface area contributed by atoms with E-state index in [9.17, 15) is 4.79 Å². The molecule has 1 N–H and O–H groups in total. The highest BCUT2D eigenvalue weighted by Gasteiger charge is 2.31. The summed E-state index contributed by atoms with van der Waals surface area (Å²) >= 11 is 0. The molecule has 1 heterocycles. The fraction of sp³-hybridized carbons (Fsp3) is 0.0682. The number of pyridine rings is 1. The van der Waals surface area contributed by atoms with Gasteiger partial charge in [0.2, 0.25) is 0 Å². The lowest BCUT2D eigenvalue weighted by Gasteiger charge is -2.25. The van der Waals surface area contributed by atoms with Gasteiger partial charge in [-0.1, -0.05) is 60.7 Å². The van der Waals surface area contributed by atoms with Crippen LogP contribution >= 0.6 is 0 Å². The first-order valence-electron chi connectivity index (χ1n) is 16.6. The summed E-state index contributed by atoms with van der Waals surface area (Å²) < 4.78 is 17.9. The largest absolute Gasteiger partial charge is 0.497 e. The predicted molar refractivity (Wildman–Crippen MR) is 204 cm³/mol. The number of hydrogen-bond acceptors (Lipinski definition) is 7. The summed E-state index contributed by atoms with van der Waals surface area (Å²) in [4.78, 5) is 24.5. The second-order valence-corrected chi connectivity index (χ2v) is 12.3. The molecule has 7 nitrogen and oxygen atoms in total. The van der Waals surface area contributed by atoms with Gasteiger partial charge in [-0.05, 0) is 91.7 Å². The minimum absolute atomic E-state index is 0.0885. The first kappa shape index (κ1) is 31.5. The fourth-order valence-electron chi connectivity index (χ4n) is 6.38. The van der Waals surface area contributed by atoms with E-state index in [2.05, 4.69) is 25.2 Å². The molecule has 0 saturated carbocycles. The molecule has 0 spiro atoms. The highest BCUT2D eigenvalue weighted by Crippen LogP contribution is 2.48. The molecule has 1 aliphatic rings. The van der Waals surface area contributed by atoms with E-state index in [-0.39, 0.29) is 5.78 Å². The Morgan fingerprint density at radius 2 is 1.35 bits per heavy atom. The van der Waals surface area contributed by atoms with Crippen LogP contribution in [-0.4, -0.2) is 24.3 Å². The van der Waals surface area contributed by atoms with Crippen molar-refractivity contribution in [2.75, 3.05) is 12.4 Å². The van der Waals surface area contributed by atoms with Gasteiger partial charge >= 0.3 is 0 Å². The lowest BCUT2D eigenvalue weighted by Crippen LogP contribution is -2.14. The molecule has 1 aliphatic carbocycles. The molecule has 7 heteroatoms. The monoisotopic (exact) mass is 667 g/mol. The average Bonchev–Trinajstić information content (AvgIpc) is 3.16. The van der Waals surface area contributed by atoms with E-state index in [1.54, 1.807) is 7.11 Å². The summed E-state index contributed by atoms with van der Waals surface area (Å²) in [5.41, 5.74) is 8.39. The topological polar surface area (TPSA) is 82.0 Å². The van der Waals surface area contributed by atoms with Crippen molar-refractivity contribution in [1.82, 2.24) is 4.98 Å². The number of aliphatic imine (C=N–C) groups is 1. The van der Waals surface area contributed by atoms with Crippen molar-refractivity contribution in [2.45, 2.75) is 13.8 Å². The van der Waals surface area contributed by atoms with Gasteiger partial charge in [0.25, 0.3) is 0 Å². The Labute approximate surface area is 295 Å². The van der Waals surface area contributed by atoms with Gasteiger partial charge in [-0.3, -0.25) is 4.79 Å². The number of carbonyl (C=O) groups excluding carboxylic acids is 1. The molecule has 248 valence electrons. The number of hydrogen-bond donors (Lipinski definition) is 1. The lowest BCUT2D eigenvalue weighted by atomic mass is 9.83. The van der Waals surface area contributed by atoms with Crippen LogP contribution < -0.4 is 19.5 Å². The van der Waals surface area contributed by atoms with Gasteiger partial charge in [-0.25, -0.2) is 9.98 Å². The van der Waals surface area contributed by atoms with Gasteiger partial charge in [-0.15, -0.1) is 0 Å². The molecule has 6 aromatic carbocycles. The summed E-state index contributed by atoms with van der Waals surface area (Å²) in [6.07, 6.45) is 1.46. The molecular weight excluding hydrogens is 635 g/mol. The molecule has 0 fully saturated rings. The van der Waals surface area contributed by atoms with Gasteiger partial charge < -0.3 is 19.5 Å². The van der Waals surface area contributed by atoms with Crippen LogP contribution in [0.15, 0.2) is 138 Å². The first-order chi connectivity index (χ1) is 25.0. The van der Waals surface area contributed by atoms with Crippen LogP contribution in [0, 0.1) is 13.8 Å². The maximum absolute atomic E-state index is 14.4.